The number of halogens is 1. The Kier molecular flexibility index (Phi) is 5.23. The van der Waals surface area contributed by atoms with Gasteiger partial charge in [-0.3, -0.25) is 19.8 Å². The molecule has 2 N–H and O–H groups in total. The number of urea groups is 1. The summed E-state index contributed by atoms with van der Waals surface area (Å²) >= 11 is 3.31. The van der Waals surface area contributed by atoms with Crippen LogP contribution in [0.5, 0.6) is 0 Å². The summed E-state index contributed by atoms with van der Waals surface area (Å²) < 4.78 is 5.33. The number of alkyl carbamates (subject to hydrolysis) is 1. The monoisotopic (exact) mass is 397 g/mol. The van der Waals surface area contributed by atoms with Gasteiger partial charge in [-0.2, -0.15) is 0 Å². The Bertz CT molecular complexity index is 708. The average Bonchev–Trinajstić information content (AvgIpc) is 2.72. The minimum atomic E-state index is -1.29. The molecule has 8 nitrogen and oxygen atoms in total. The third kappa shape index (κ3) is 3.56. The third-order valence-corrected chi connectivity index (χ3v) is 3.99. The molecule has 0 bridgehead atoms. The summed E-state index contributed by atoms with van der Waals surface area (Å²) in [5, 5.41) is 4.52. The maximum absolute atomic E-state index is 12.6. The highest BCUT2D eigenvalue weighted by Gasteiger charge is 2.49. The smallest absolute Gasteiger partial charge is 0.413 e. The Morgan fingerprint density at radius 1 is 1.38 bits per heavy atom. The number of rotatable bonds is 4. The number of benzene rings is 1. The summed E-state index contributed by atoms with van der Waals surface area (Å²) in [5.74, 6) is -1.39. The van der Waals surface area contributed by atoms with Gasteiger partial charge in [-0.15, -0.1) is 0 Å². The maximum atomic E-state index is 12.6. The van der Waals surface area contributed by atoms with Crippen LogP contribution in [-0.4, -0.2) is 42.0 Å². The Labute approximate surface area is 146 Å². The molecule has 1 aromatic rings. The molecule has 1 heterocycles. The number of nitrogens with zero attached hydrogens (tertiary/aromatic N) is 1. The van der Waals surface area contributed by atoms with E-state index in [1.165, 1.54) is 0 Å². The number of imide groups is 2. The summed E-state index contributed by atoms with van der Waals surface area (Å²) in [4.78, 5) is 48.5. The molecule has 1 fully saturated rings. The summed E-state index contributed by atoms with van der Waals surface area (Å²) in [5.41, 5.74) is -0.714. The molecular formula is C15H16BrN3O5. The number of ether oxygens (including phenoxy) is 1. The molecule has 1 saturated heterocycles. The predicted octanol–water partition coefficient (Wildman–Crippen LogP) is 1.49. The lowest BCUT2D eigenvalue weighted by atomic mass is 9.92. The Hall–Kier alpha value is -2.42. The second kappa shape index (κ2) is 7.00. The van der Waals surface area contributed by atoms with Crippen LogP contribution in [0.4, 0.5) is 9.59 Å². The quantitative estimate of drug-likeness (QED) is 0.748. The minimum absolute atomic E-state index is 0.100. The molecule has 128 valence electrons. The highest BCUT2D eigenvalue weighted by Crippen LogP contribution is 2.30. The van der Waals surface area contributed by atoms with E-state index in [1.54, 1.807) is 38.1 Å². The van der Waals surface area contributed by atoms with E-state index in [4.69, 9.17) is 0 Å². The van der Waals surface area contributed by atoms with Crippen molar-refractivity contribution in [2.24, 2.45) is 0 Å². The summed E-state index contributed by atoms with van der Waals surface area (Å²) in [6.45, 7) is 2.67. The summed E-state index contributed by atoms with van der Waals surface area (Å²) in [6.07, 6.45) is -0.927. The van der Waals surface area contributed by atoms with Gasteiger partial charge >= 0.3 is 12.1 Å². The molecule has 5 amide bonds. The van der Waals surface area contributed by atoms with Crippen molar-refractivity contribution < 1.29 is 23.9 Å². The van der Waals surface area contributed by atoms with Crippen LogP contribution in [-0.2, 0) is 19.9 Å². The van der Waals surface area contributed by atoms with Gasteiger partial charge in [0.2, 0.25) is 5.91 Å². The van der Waals surface area contributed by atoms with E-state index in [9.17, 15) is 19.2 Å². The molecule has 0 aromatic heterocycles. The van der Waals surface area contributed by atoms with Crippen molar-refractivity contribution in [1.82, 2.24) is 15.5 Å². The fourth-order valence-electron chi connectivity index (χ4n) is 2.30. The molecule has 24 heavy (non-hydrogen) atoms. The molecule has 1 aliphatic heterocycles. The highest BCUT2D eigenvalue weighted by atomic mass is 79.9. The summed E-state index contributed by atoms with van der Waals surface area (Å²) in [7, 11) is 0. The molecule has 0 aliphatic carbocycles. The first-order valence-electron chi connectivity index (χ1n) is 7.14. The van der Waals surface area contributed by atoms with Gasteiger partial charge in [0.25, 0.3) is 5.91 Å². The van der Waals surface area contributed by atoms with Gasteiger partial charge in [0.15, 0.2) is 0 Å². The maximum Gasteiger partial charge on any atom is 0.413 e. The number of hydrogen-bond donors (Lipinski definition) is 2. The normalized spacial score (nSPS) is 19.9. The SMILES string of the molecule is CCOC(=O)NC(=O)CN1C(=O)N[C@@](C)(c2cccc(Br)c2)C1=O. The van der Waals surface area contributed by atoms with Crippen LogP contribution in [0.15, 0.2) is 28.7 Å². The topological polar surface area (TPSA) is 105 Å². The highest BCUT2D eigenvalue weighted by molar-refractivity contribution is 9.10. The largest absolute Gasteiger partial charge is 0.450 e. The lowest BCUT2D eigenvalue weighted by molar-refractivity contribution is -0.134. The molecule has 0 radical (unpaired) electrons. The van der Waals surface area contributed by atoms with Crippen LogP contribution in [0.2, 0.25) is 0 Å². The van der Waals surface area contributed by atoms with Crippen LogP contribution in [0, 0.1) is 0 Å². The zero-order chi connectivity index (χ0) is 17.9. The van der Waals surface area contributed by atoms with Gasteiger partial charge in [0.1, 0.15) is 12.1 Å². The van der Waals surface area contributed by atoms with E-state index in [1.807, 2.05) is 5.32 Å². The molecule has 1 atom stereocenters. The van der Waals surface area contributed by atoms with Crippen molar-refractivity contribution in [3.8, 4) is 0 Å². The van der Waals surface area contributed by atoms with Gasteiger partial charge in [-0.25, -0.2) is 9.59 Å². The van der Waals surface area contributed by atoms with Crippen LogP contribution in [0.3, 0.4) is 0 Å². The van der Waals surface area contributed by atoms with Crippen LogP contribution < -0.4 is 10.6 Å². The second-order valence-electron chi connectivity index (χ2n) is 5.23. The van der Waals surface area contributed by atoms with Crippen LogP contribution in [0.1, 0.15) is 19.4 Å². The molecule has 0 unspecified atom stereocenters. The van der Waals surface area contributed by atoms with E-state index in [0.717, 1.165) is 9.37 Å². The zero-order valence-electron chi connectivity index (χ0n) is 13.1. The predicted molar refractivity (Wildman–Crippen MR) is 86.9 cm³/mol. The first kappa shape index (κ1) is 17.9. The van der Waals surface area contributed by atoms with Gasteiger partial charge in [-0.1, -0.05) is 28.1 Å². The van der Waals surface area contributed by atoms with Gasteiger partial charge in [-0.05, 0) is 31.5 Å². The molecule has 2 rings (SSSR count). The van der Waals surface area contributed by atoms with Gasteiger partial charge < -0.3 is 10.1 Å². The molecule has 1 aliphatic rings. The lowest BCUT2D eigenvalue weighted by Gasteiger charge is -2.22. The zero-order valence-corrected chi connectivity index (χ0v) is 14.7. The number of carbonyl (C=O) groups excluding carboxylic acids is 4. The molecule has 0 saturated carbocycles. The number of hydrogen-bond acceptors (Lipinski definition) is 5. The Morgan fingerprint density at radius 2 is 2.08 bits per heavy atom. The molecule has 1 aromatic carbocycles. The van der Waals surface area contributed by atoms with Crippen molar-refractivity contribution in [3.63, 3.8) is 0 Å². The summed E-state index contributed by atoms with van der Waals surface area (Å²) in [6, 6.07) is 6.23. The van der Waals surface area contributed by atoms with Crippen molar-refractivity contribution in [3.05, 3.63) is 34.3 Å². The number of nitrogens with one attached hydrogen (secondary N) is 2. The lowest BCUT2D eigenvalue weighted by Crippen LogP contribution is -2.44. The number of amides is 5. The van der Waals surface area contributed by atoms with E-state index in [-0.39, 0.29) is 6.61 Å². The van der Waals surface area contributed by atoms with Crippen molar-refractivity contribution in [2.45, 2.75) is 19.4 Å². The van der Waals surface area contributed by atoms with Crippen molar-refractivity contribution >= 4 is 39.9 Å². The fraction of sp³-hybridized carbons (Fsp3) is 0.333. The average molecular weight is 398 g/mol. The molecule has 0 spiro atoms. The number of carbonyl (C=O) groups is 4. The first-order chi connectivity index (χ1) is 11.3. The van der Waals surface area contributed by atoms with Crippen LogP contribution >= 0.6 is 15.9 Å². The van der Waals surface area contributed by atoms with E-state index >= 15 is 0 Å². The van der Waals surface area contributed by atoms with Gasteiger partial charge in [0, 0.05) is 4.47 Å². The Balaban J connectivity index is 2.14. The Morgan fingerprint density at radius 3 is 2.71 bits per heavy atom. The minimum Gasteiger partial charge on any atom is -0.450 e. The standard InChI is InChI=1S/C15H16BrN3O5/c1-3-24-14(23)17-11(20)8-19-12(21)15(2,18-13(19)22)9-5-4-6-10(16)7-9/h4-7H,3,8H2,1-2H3,(H,18,22)(H,17,20,23)/t15-/m0/s1. The third-order valence-electron chi connectivity index (χ3n) is 3.50. The van der Waals surface area contributed by atoms with E-state index < -0.39 is 36.0 Å². The first-order valence-corrected chi connectivity index (χ1v) is 7.94. The van der Waals surface area contributed by atoms with Crippen molar-refractivity contribution in [1.29, 1.82) is 0 Å². The fourth-order valence-corrected chi connectivity index (χ4v) is 2.70. The van der Waals surface area contributed by atoms with E-state index in [2.05, 4.69) is 26.0 Å². The van der Waals surface area contributed by atoms with E-state index in [0.29, 0.717) is 5.56 Å². The van der Waals surface area contributed by atoms with Crippen LogP contribution in [0.25, 0.3) is 0 Å². The van der Waals surface area contributed by atoms with Gasteiger partial charge in [0.05, 0.1) is 6.61 Å². The molecular weight excluding hydrogens is 382 g/mol. The van der Waals surface area contributed by atoms with Crippen molar-refractivity contribution in [2.75, 3.05) is 13.2 Å². The second-order valence-corrected chi connectivity index (χ2v) is 6.14. The molecule has 9 heteroatoms.